The van der Waals surface area contributed by atoms with Crippen molar-refractivity contribution in [2.45, 2.75) is 12.3 Å². The number of hydrogen-bond donors (Lipinski definition) is 0. The molecule has 0 saturated carbocycles. The third kappa shape index (κ3) is 6.20. The zero-order chi connectivity index (χ0) is 29.4. The van der Waals surface area contributed by atoms with Crippen LogP contribution in [0, 0.1) is 0 Å². The molecule has 0 amide bonds. The van der Waals surface area contributed by atoms with Crippen molar-refractivity contribution in [3.8, 4) is 51.7 Å². The van der Waals surface area contributed by atoms with Crippen LogP contribution >= 0.6 is 7.26 Å². The van der Waals surface area contributed by atoms with E-state index in [0.717, 1.165) is 16.4 Å². The first kappa shape index (κ1) is 30.8. The number of hydrogen-bond acceptors (Lipinski definition) is 9. The molecule has 9 nitrogen and oxygen atoms in total. The summed E-state index contributed by atoms with van der Waals surface area (Å²) in [5.74, 6) is 5.83. The maximum Gasteiger partial charge on any atom is 0.178 e. The Morgan fingerprint density at radius 2 is 0.650 bits per heavy atom. The van der Waals surface area contributed by atoms with E-state index in [9.17, 15) is 0 Å². The fourth-order valence-corrected chi connectivity index (χ4v) is 8.72. The Morgan fingerprint density at radius 1 is 0.400 bits per heavy atom. The maximum absolute atomic E-state index is 5.95. The van der Waals surface area contributed by atoms with E-state index in [1.165, 1.54) is 0 Å². The second-order valence-corrected chi connectivity index (χ2v) is 13.0. The van der Waals surface area contributed by atoms with Gasteiger partial charge in [0.25, 0.3) is 0 Å². The zero-order valence-electron chi connectivity index (χ0n) is 25.0. The molecule has 0 N–H and O–H groups in total. The third-order valence-electron chi connectivity index (χ3n) is 6.88. The predicted molar refractivity (Wildman–Crippen MR) is 158 cm³/mol. The van der Waals surface area contributed by atoms with Crippen LogP contribution < -0.4 is 47.9 Å². The molecule has 0 saturated heterocycles. The maximum atomic E-state index is 5.95. The van der Waals surface area contributed by atoms with Crippen LogP contribution in [0.4, 0.5) is 0 Å². The molecular weight excluding hydrogens is 535 g/mol. The summed E-state index contributed by atoms with van der Waals surface area (Å²) in [5, 5.41) is 0.943. The minimum absolute atomic E-state index is 0.570. The van der Waals surface area contributed by atoms with E-state index >= 15 is 0 Å². The van der Waals surface area contributed by atoms with Crippen molar-refractivity contribution in [3.63, 3.8) is 0 Å². The van der Waals surface area contributed by atoms with E-state index in [-0.39, 0.29) is 0 Å². The Kier molecular flexibility index (Phi) is 10.5. The van der Waals surface area contributed by atoms with E-state index < -0.39 is 7.26 Å². The fraction of sp³-hybridized carbons (Fsp3) is 0.400. The van der Waals surface area contributed by atoms with Gasteiger partial charge in [-0.05, 0) is 0 Å². The Hall–Kier alpha value is -3.71. The van der Waals surface area contributed by atoms with Gasteiger partial charge in [0.15, 0.2) is 16.8 Å². The lowest BCUT2D eigenvalue weighted by Gasteiger charge is -2.29. The highest BCUT2D eigenvalue weighted by atomic mass is 31.2. The largest absolute Gasteiger partial charge is 0.496 e. The van der Waals surface area contributed by atoms with Gasteiger partial charge >= 0.3 is 0 Å². The summed E-state index contributed by atoms with van der Waals surface area (Å²) < 4.78 is 51.8. The standard InChI is InChI=1S/C30H40O9P/c1-31-19-11-24(34-4)22(25(12-19)35-5)17-40(10,30-28(38-8)15-21(33-3)16-29(30)39-9)18-23-26(36-6)13-20(32-2)14-27(23)37-7/h11-16H,17-18H2,1-10H3/q+1. The highest BCUT2D eigenvalue weighted by molar-refractivity contribution is 7.81. The average molecular weight is 576 g/mol. The van der Waals surface area contributed by atoms with Crippen LogP contribution in [0.25, 0.3) is 0 Å². The van der Waals surface area contributed by atoms with Crippen LogP contribution in [-0.2, 0) is 12.3 Å². The molecule has 3 aromatic carbocycles. The molecule has 0 bridgehead atoms. The highest BCUT2D eigenvalue weighted by Crippen LogP contribution is 2.66. The van der Waals surface area contributed by atoms with Gasteiger partial charge in [-0.1, -0.05) is 0 Å². The number of ether oxygens (including phenoxy) is 9. The second kappa shape index (κ2) is 13.6. The molecule has 0 spiro atoms. The second-order valence-electron chi connectivity index (χ2n) is 9.11. The summed E-state index contributed by atoms with van der Waals surface area (Å²) in [4.78, 5) is 0. The van der Waals surface area contributed by atoms with Crippen molar-refractivity contribution in [3.05, 3.63) is 47.5 Å². The van der Waals surface area contributed by atoms with Crippen molar-refractivity contribution < 1.29 is 42.6 Å². The topological polar surface area (TPSA) is 83.1 Å². The number of methoxy groups -OCH3 is 9. The van der Waals surface area contributed by atoms with Gasteiger partial charge in [0.1, 0.15) is 40.2 Å². The first-order valence-electron chi connectivity index (χ1n) is 12.5. The summed E-state index contributed by atoms with van der Waals surface area (Å²) in [7, 11) is 12.4. The van der Waals surface area contributed by atoms with Gasteiger partial charge in [0.05, 0.1) is 101 Å². The van der Waals surface area contributed by atoms with Gasteiger partial charge in [-0.3, -0.25) is 0 Å². The molecule has 0 aromatic heterocycles. The molecule has 0 aliphatic rings. The van der Waals surface area contributed by atoms with Crippen LogP contribution in [0.5, 0.6) is 51.7 Å². The molecule has 0 atom stereocenters. The molecule has 3 rings (SSSR count). The predicted octanol–water partition coefficient (Wildman–Crippen LogP) is 5.44. The Morgan fingerprint density at radius 3 is 0.875 bits per heavy atom. The lowest BCUT2D eigenvalue weighted by molar-refractivity contribution is 0.370. The van der Waals surface area contributed by atoms with E-state index in [1.807, 2.05) is 36.4 Å². The van der Waals surface area contributed by atoms with Gasteiger partial charge in [0, 0.05) is 36.4 Å². The molecule has 0 fully saturated rings. The molecule has 10 heteroatoms. The van der Waals surface area contributed by atoms with E-state index in [1.54, 1.807) is 64.0 Å². The SMILES string of the molecule is COc1cc(OC)c(C[P+](C)(Cc2c(OC)cc(OC)cc2OC)c2c(OC)cc(OC)cc2OC)c(OC)c1. The minimum atomic E-state index is -2.32. The third-order valence-corrected chi connectivity index (χ3v) is 10.4. The van der Waals surface area contributed by atoms with Gasteiger partial charge in [-0.15, -0.1) is 0 Å². The molecular formula is C30H40O9P+. The van der Waals surface area contributed by atoms with E-state index in [0.29, 0.717) is 64.1 Å². The first-order chi connectivity index (χ1) is 19.2. The summed E-state index contributed by atoms with van der Waals surface area (Å²) in [5.41, 5.74) is 1.79. The lowest BCUT2D eigenvalue weighted by Crippen LogP contribution is -2.20. The lowest BCUT2D eigenvalue weighted by atomic mass is 10.2. The van der Waals surface area contributed by atoms with Gasteiger partial charge in [0.2, 0.25) is 0 Å². The monoisotopic (exact) mass is 575 g/mol. The van der Waals surface area contributed by atoms with Crippen LogP contribution in [0.3, 0.4) is 0 Å². The smallest absolute Gasteiger partial charge is 0.178 e. The van der Waals surface area contributed by atoms with Crippen LogP contribution in [0.15, 0.2) is 36.4 Å². The van der Waals surface area contributed by atoms with Crippen molar-refractivity contribution >= 4 is 12.6 Å². The summed E-state index contributed by atoms with van der Waals surface area (Å²) in [6, 6.07) is 11.2. The van der Waals surface area contributed by atoms with Crippen molar-refractivity contribution in [1.82, 2.24) is 0 Å². The number of rotatable bonds is 14. The van der Waals surface area contributed by atoms with Crippen molar-refractivity contribution in [2.75, 3.05) is 70.7 Å². The molecule has 0 aliphatic heterocycles. The van der Waals surface area contributed by atoms with Crippen LogP contribution in [-0.4, -0.2) is 70.7 Å². The molecule has 0 aliphatic carbocycles. The molecule has 0 heterocycles. The van der Waals surface area contributed by atoms with Crippen molar-refractivity contribution in [2.24, 2.45) is 0 Å². The minimum Gasteiger partial charge on any atom is -0.496 e. The van der Waals surface area contributed by atoms with Gasteiger partial charge in [-0.2, -0.15) is 0 Å². The normalized spacial score (nSPS) is 10.9. The average Bonchev–Trinajstić information content (AvgIpc) is 2.99. The van der Waals surface area contributed by atoms with E-state index in [2.05, 4.69) is 6.66 Å². The molecule has 40 heavy (non-hydrogen) atoms. The number of benzene rings is 3. The Labute approximate surface area is 237 Å². The molecule has 0 radical (unpaired) electrons. The van der Waals surface area contributed by atoms with Gasteiger partial charge in [-0.25, -0.2) is 0 Å². The summed E-state index contributed by atoms with van der Waals surface area (Å²) in [6.45, 7) is 2.24. The van der Waals surface area contributed by atoms with Gasteiger partial charge < -0.3 is 42.6 Å². The zero-order valence-corrected chi connectivity index (χ0v) is 25.9. The molecule has 0 unspecified atom stereocenters. The summed E-state index contributed by atoms with van der Waals surface area (Å²) in [6.07, 6.45) is 1.14. The van der Waals surface area contributed by atoms with Crippen LogP contribution in [0.1, 0.15) is 11.1 Å². The highest BCUT2D eigenvalue weighted by Gasteiger charge is 2.45. The van der Waals surface area contributed by atoms with Crippen molar-refractivity contribution in [1.29, 1.82) is 0 Å². The first-order valence-corrected chi connectivity index (χ1v) is 15.1. The Bertz CT molecular complexity index is 1170. The Balaban J connectivity index is 2.38. The molecule has 3 aromatic rings. The van der Waals surface area contributed by atoms with Crippen LogP contribution in [0.2, 0.25) is 0 Å². The fourth-order valence-electron chi connectivity index (χ4n) is 4.90. The summed E-state index contributed by atoms with van der Waals surface area (Å²) >= 11 is 0. The molecule has 218 valence electrons. The quantitative estimate of drug-likeness (QED) is 0.234. The van der Waals surface area contributed by atoms with E-state index in [4.69, 9.17) is 42.6 Å².